The summed E-state index contributed by atoms with van der Waals surface area (Å²) in [5.41, 5.74) is 0. The van der Waals surface area contributed by atoms with Crippen LogP contribution >= 0.6 is 11.3 Å². The van der Waals surface area contributed by atoms with Crippen LogP contribution in [0.3, 0.4) is 0 Å². The van der Waals surface area contributed by atoms with Crippen molar-refractivity contribution in [3.8, 4) is 0 Å². The lowest BCUT2D eigenvalue weighted by atomic mass is 10.2. The predicted molar refractivity (Wildman–Crippen MR) is 76.5 cm³/mol. The molecular weight excluding hydrogens is 296 g/mol. The first kappa shape index (κ1) is 15.5. The molecule has 8 heteroatoms. The SMILES string of the molecule is CC(=O)Nc1ccc(C(=O)NCC2CCC(C(=O)O)O2)s1. The molecule has 1 aromatic heterocycles. The molecule has 0 bridgehead atoms. The lowest BCUT2D eigenvalue weighted by Crippen LogP contribution is -2.32. The summed E-state index contributed by atoms with van der Waals surface area (Å²) in [5.74, 6) is -1.43. The van der Waals surface area contributed by atoms with E-state index in [4.69, 9.17) is 9.84 Å². The smallest absolute Gasteiger partial charge is 0.332 e. The Balaban J connectivity index is 1.81. The highest BCUT2D eigenvalue weighted by atomic mass is 32.1. The molecule has 1 saturated heterocycles. The van der Waals surface area contributed by atoms with Crippen LogP contribution in [0.25, 0.3) is 0 Å². The van der Waals surface area contributed by atoms with Crippen LogP contribution < -0.4 is 10.6 Å². The highest BCUT2D eigenvalue weighted by Crippen LogP contribution is 2.22. The normalized spacial score (nSPS) is 21.0. The first-order chi connectivity index (χ1) is 9.95. The van der Waals surface area contributed by atoms with Gasteiger partial charge in [0.25, 0.3) is 5.91 Å². The number of amides is 2. The number of nitrogens with one attached hydrogen (secondary N) is 2. The molecule has 2 atom stereocenters. The first-order valence-electron chi connectivity index (χ1n) is 6.49. The summed E-state index contributed by atoms with van der Waals surface area (Å²) in [5, 5.41) is 14.7. The lowest BCUT2D eigenvalue weighted by molar-refractivity contribution is -0.149. The molecule has 114 valence electrons. The molecular formula is C13H16N2O5S. The standard InChI is InChI=1S/C13H16N2O5S/c1-7(16)15-11-5-4-10(21-11)12(17)14-6-8-2-3-9(20-8)13(18)19/h4-5,8-9H,2-3,6H2,1H3,(H,14,17)(H,15,16)(H,18,19). The molecule has 1 fully saturated rings. The molecule has 3 N–H and O–H groups in total. The summed E-state index contributed by atoms with van der Waals surface area (Å²) >= 11 is 1.18. The Morgan fingerprint density at radius 1 is 1.38 bits per heavy atom. The van der Waals surface area contributed by atoms with Gasteiger partial charge in [-0.3, -0.25) is 9.59 Å². The topological polar surface area (TPSA) is 105 Å². The molecule has 0 aromatic carbocycles. The van der Waals surface area contributed by atoms with Crippen molar-refractivity contribution >= 4 is 34.1 Å². The number of rotatable bonds is 5. The second-order valence-corrected chi connectivity index (χ2v) is 5.80. The van der Waals surface area contributed by atoms with Crippen LogP contribution in [-0.2, 0) is 14.3 Å². The number of ether oxygens (including phenoxy) is 1. The molecule has 0 spiro atoms. The minimum absolute atomic E-state index is 0.192. The first-order valence-corrected chi connectivity index (χ1v) is 7.31. The Morgan fingerprint density at radius 2 is 2.14 bits per heavy atom. The van der Waals surface area contributed by atoms with E-state index in [1.165, 1.54) is 18.3 Å². The van der Waals surface area contributed by atoms with Gasteiger partial charge in [0.15, 0.2) is 6.10 Å². The average Bonchev–Trinajstić information content (AvgIpc) is 3.04. The third-order valence-electron chi connectivity index (χ3n) is 3.00. The van der Waals surface area contributed by atoms with Crippen molar-refractivity contribution in [3.63, 3.8) is 0 Å². The summed E-state index contributed by atoms with van der Waals surface area (Å²) in [6, 6.07) is 3.29. The van der Waals surface area contributed by atoms with Crippen LogP contribution in [0.1, 0.15) is 29.4 Å². The van der Waals surface area contributed by atoms with Gasteiger partial charge in [-0.25, -0.2) is 4.79 Å². The van der Waals surface area contributed by atoms with E-state index in [0.717, 1.165) is 0 Å². The minimum atomic E-state index is -0.970. The third-order valence-corrected chi connectivity index (χ3v) is 4.00. The Hall–Kier alpha value is -1.93. The van der Waals surface area contributed by atoms with Crippen LogP contribution in [-0.4, -0.2) is 41.6 Å². The molecule has 0 saturated carbocycles. The van der Waals surface area contributed by atoms with Crippen LogP contribution in [0.15, 0.2) is 12.1 Å². The van der Waals surface area contributed by atoms with E-state index < -0.39 is 12.1 Å². The van der Waals surface area contributed by atoms with Gasteiger partial charge in [0.2, 0.25) is 5.91 Å². The highest BCUT2D eigenvalue weighted by Gasteiger charge is 2.30. The number of carboxylic acid groups (broad SMARTS) is 1. The number of hydrogen-bond donors (Lipinski definition) is 3. The molecule has 2 unspecified atom stereocenters. The fraction of sp³-hybridized carbons (Fsp3) is 0.462. The molecule has 7 nitrogen and oxygen atoms in total. The van der Waals surface area contributed by atoms with Gasteiger partial charge in [0, 0.05) is 13.5 Å². The Morgan fingerprint density at radius 3 is 2.76 bits per heavy atom. The summed E-state index contributed by atoms with van der Waals surface area (Å²) in [4.78, 5) is 34.1. The zero-order chi connectivity index (χ0) is 15.4. The zero-order valence-corrected chi connectivity index (χ0v) is 12.2. The maximum Gasteiger partial charge on any atom is 0.332 e. The van der Waals surface area contributed by atoms with Crippen molar-refractivity contribution in [1.82, 2.24) is 5.32 Å². The van der Waals surface area contributed by atoms with Crippen molar-refractivity contribution in [3.05, 3.63) is 17.0 Å². The number of carbonyl (C=O) groups excluding carboxylic acids is 2. The van der Waals surface area contributed by atoms with Gasteiger partial charge in [0.05, 0.1) is 16.0 Å². The van der Waals surface area contributed by atoms with Crippen molar-refractivity contribution in [2.45, 2.75) is 32.0 Å². The van der Waals surface area contributed by atoms with E-state index in [1.54, 1.807) is 12.1 Å². The number of carboxylic acids is 1. The number of aliphatic carboxylic acids is 1. The summed E-state index contributed by atoms with van der Waals surface area (Å²) in [6.45, 7) is 1.67. The molecule has 2 amide bonds. The third kappa shape index (κ3) is 4.27. The molecule has 0 radical (unpaired) electrons. The van der Waals surface area contributed by atoms with E-state index in [9.17, 15) is 14.4 Å². The van der Waals surface area contributed by atoms with Crippen molar-refractivity contribution in [2.75, 3.05) is 11.9 Å². The molecule has 1 aromatic rings. The van der Waals surface area contributed by atoms with E-state index in [2.05, 4.69) is 10.6 Å². The van der Waals surface area contributed by atoms with E-state index in [0.29, 0.717) is 22.7 Å². The maximum atomic E-state index is 11.9. The lowest BCUT2D eigenvalue weighted by Gasteiger charge is -2.11. The summed E-state index contributed by atoms with van der Waals surface area (Å²) in [6.07, 6.45) is 0.0187. The van der Waals surface area contributed by atoms with Crippen molar-refractivity contribution < 1.29 is 24.2 Å². The monoisotopic (exact) mass is 312 g/mol. The molecule has 1 aliphatic rings. The maximum absolute atomic E-state index is 11.9. The predicted octanol–water partition coefficient (Wildman–Crippen LogP) is 1.07. The molecule has 0 aliphatic carbocycles. The molecule has 2 heterocycles. The fourth-order valence-corrected chi connectivity index (χ4v) is 2.90. The quantitative estimate of drug-likeness (QED) is 0.754. The van der Waals surface area contributed by atoms with Gasteiger partial charge in [-0.05, 0) is 25.0 Å². The number of thiophene rings is 1. The van der Waals surface area contributed by atoms with Crippen LogP contribution in [0.2, 0.25) is 0 Å². The van der Waals surface area contributed by atoms with Crippen LogP contribution in [0.5, 0.6) is 0 Å². The van der Waals surface area contributed by atoms with Gasteiger partial charge in [0.1, 0.15) is 0 Å². The minimum Gasteiger partial charge on any atom is -0.479 e. The van der Waals surface area contributed by atoms with Crippen LogP contribution in [0, 0.1) is 0 Å². The van der Waals surface area contributed by atoms with Gasteiger partial charge in [-0.15, -0.1) is 11.3 Å². The Labute approximate surface area is 125 Å². The van der Waals surface area contributed by atoms with Gasteiger partial charge in [-0.1, -0.05) is 0 Å². The van der Waals surface area contributed by atoms with E-state index >= 15 is 0 Å². The van der Waals surface area contributed by atoms with Crippen molar-refractivity contribution in [2.24, 2.45) is 0 Å². The van der Waals surface area contributed by atoms with Crippen molar-refractivity contribution in [1.29, 1.82) is 0 Å². The molecule has 2 rings (SSSR count). The van der Waals surface area contributed by atoms with Gasteiger partial charge in [-0.2, -0.15) is 0 Å². The highest BCUT2D eigenvalue weighted by molar-refractivity contribution is 7.18. The Kier molecular flexibility index (Phi) is 4.92. The Bertz CT molecular complexity index is 557. The molecule has 21 heavy (non-hydrogen) atoms. The van der Waals surface area contributed by atoms with Crippen LogP contribution in [0.4, 0.5) is 5.00 Å². The second-order valence-electron chi connectivity index (χ2n) is 4.72. The summed E-state index contributed by atoms with van der Waals surface area (Å²) in [7, 11) is 0. The zero-order valence-electron chi connectivity index (χ0n) is 11.4. The van der Waals surface area contributed by atoms with Gasteiger partial charge < -0.3 is 20.5 Å². The largest absolute Gasteiger partial charge is 0.479 e. The number of anilines is 1. The second kappa shape index (κ2) is 6.68. The number of carbonyl (C=O) groups is 3. The van der Waals surface area contributed by atoms with E-state index in [-0.39, 0.29) is 24.5 Å². The fourth-order valence-electron chi connectivity index (χ4n) is 2.03. The van der Waals surface area contributed by atoms with E-state index in [1.807, 2.05) is 0 Å². The van der Waals surface area contributed by atoms with Gasteiger partial charge >= 0.3 is 5.97 Å². The summed E-state index contributed by atoms with van der Waals surface area (Å²) < 4.78 is 5.30. The average molecular weight is 312 g/mol. The molecule has 1 aliphatic heterocycles. The number of hydrogen-bond acceptors (Lipinski definition) is 5.